The van der Waals surface area contributed by atoms with Gasteiger partial charge in [0.2, 0.25) is 0 Å². The third kappa shape index (κ3) is 11.1. The molecule has 0 bridgehead atoms. The first-order chi connectivity index (χ1) is 2.56. The zero-order valence-corrected chi connectivity index (χ0v) is 6.91. The normalized spacial score (nSPS) is 10.1. The van der Waals surface area contributed by atoms with Gasteiger partial charge >= 0.3 is 30.9 Å². The molecule has 0 aromatic carbocycles. The molecule has 0 aromatic rings. The second-order valence-electron chi connectivity index (χ2n) is 0.596. The van der Waals surface area contributed by atoms with Crippen molar-refractivity contribution in [2.75, 3.05) is 0 Å². The van der Waals surface area contributed by atoms with Gasteiger partial charge < -0.3 is 12.6 Å². The van der Waals surface area contributed by atoms with Crippen molar-refractivity contribution in [3.05, 3.63) is 0 Å². The van der Waals surface area contributed by atoms with Crippen LogP contribution < -0.4 is 0 Å². The molecule has 0 amide bonds. The fourth-order valence-corrected chi connectivity index (χ4v) is 0. The molecule has 1 atom stereocenters. The van der Waals surface area contributed by atoms with Crippen LogP contribution in [0.3, 0.4) is 0 Å². The van der Waals surface area contributed by atoms with E-state index in [2.05, 4.69) is 4.31 Å². The van der Waals surface area contributed by atoms with Crippen molar-refractivity contribution in [2.45, 2.75) is 0 Å². The minimum Gasteiger partial charge on any atom is -1.00 e. The van der Waals surface area contributed by atoms with Gasteiger partial charge in [0.15, 0.2) is 0 Å². The molecule has 0 aliphatic carbocycles. The van der Waals surface area contributed by atoms with Crippen molar-refractivity contribution < 1.29 is 21.5 Å². The Morgan fingerprint density at radius 3 is 1.86 bits per heavy atom. The topological polar surface area (TPSA) is 66.8 Å². The van der Waals surface area contributed by atoms with Crippen molar-refractivity contribution in [1.82, 2.24) is 0 Å². The first-order valence-electron chi connectivity index (χ1n) is 1.00. The Kier molecular flexibility index (Phi) is 6.71. The van der Waals surface area contributed by atoms with Gasteiger partial charge in [-0.15, -0.1) is 0 Å². The second-order valence-corrected chi connectivity index (χ2v) is 2.42. The van der Waals surface area contributed by atoms with Crippen LogP contribution in [0.1, 0.15) is 2.85 Å². The van der Waals surface area contributed by atoms with Gasteiger partial charge in [0.1, 0.15) is 0 Å². The Hall–Kier alpha value is 1.31. The Labute approximate surface area is 62.3 Å². The number of hydrogen-bond acceptors (Lipinski definition) is 2. The first-order valence-corrected chi connectivity index (χ1v) is 3.00. The van der Waals surface area contributed by atoms with Crippen LogP contribution in [0, 0.1) is 0 Å². The molecule has 0 aliphatic rings. The van der Waals surface area contributed by atoms with E-state index in [0.29, 0.717) is 0 Å². The van der Waals surface area contributed by atoms with E-state index >= 15 is 0 Å². The van der Waals surface area contributed by atoms with Crippen LogP contribution in [0.5, 0.6) is 0 Å². The molecule has 0 heterocycles. The van der Waals surface area contributed by atoms with Gasteiger partial charge in [0, 0.05) is 9.47 Å². The fraction of sp³-hybridized carbons (Fsp3) is 0. The van der Waals surface area contributed by atoms with Crippen LogP contribution in [-0.4, -0.2) is 32.8 Å². The molecule has 0 radical (unpaired) electrons. The van der Waals surface area contributed by atoms with Crippen LogP contribution in [0.2, 0.25) is 0 Å². The van der Waals surface area contributed by atoms with Gasteiger partial charge in [0.05, 0.1) is 0 Å². The Balaban J connectivity index is -0.0000000417. The maximum Gasteiger partial charge on any atom is 2.00 e. The molecule has 0 spiro atoms. The SMILES string of the molecule is O=P(O)(O)OP.[H-].[H-].[Mg+2]. The molecule has 0 aromatic heterocycles. The minimum absolute atomic E-state index is 0. The molecule has 42 valence electrons. The van der Waals surface area contributed by atoms with Crippen molar-refractivity contribution in [3.63, 3.8) is 0 Å². The molecular weight excluding hydrogens is 150 g/mol. The van der Waals surface area contributed by atoms with E-state index in [0.717, 1.165) is 0 Å². The predicted molar refractivity (Wildman–Crippen MR) is 30.8 cm³/mol. The Bertz CT molecular complexity index is 80.6. The van der Waals surface area contributed by atoms with Crippen LogP contribution in [0.15, 0.2) is 0 Å². The third-order valence-electron chi connectivity index (χ3n) is 0.137. The van der Waals surface area contributed by atoms with E-state index in [1.54, 1.807) is 0 Å². The van der Waals surface area contributed by atoms with Gasteiger partial charge in [-0.2, -0.15) is 0 Å². The van der Waals surface area contributed by atoms with E-state index in [1.165, 1.54) is 9.47 Å². The molecule has 1 unspecified atom stereocenters. The number of phosphoric acid groups is 1. The summed E-state index contributed by atoms with van der Waals surface area (Å²) in [6, 6.07) is 0. The van der Waals surface area contributed by atoms with Crippen molar-refractivity contribution >= 4 is 40.3 Å². The maximum atomic E-state index is 9.45. The van der Waals surface area contributed by atoms with Gasteiger partial charge in [-0.25, -0.2) is 4.57 Å². The van der Waals surface area contributed by atoms with Crippen molar-refractivity contribution in [2.24, 2.45) is 0 Å². The van der Waals surface area contributed by atoms with Gasteiger partial charge in [0.25, 0.3) is 0 Å². The standard InChI is InChI=1S/Mg.H4O4P2.2H/c;1-6(2,3)4-5;;/h;5H2,(H2,1,2,3);;/q+2;;2*-1. The number of hydrogen-bond donors (Lipinski definition) is 2. The quantitative estimate of drug-likeness (QED) is 0.405. The van der Waals surface area contributed by atoms with E-state index in [4.69, 9.17) is 9.79 Å². The Morgan fingerprint density at radius 2 is 1.86 bits per heavy atom. The summed E-state index contributed by atoms with van der Waals surface area (Å²) < 4.78 is 13.0. The van der Waals surface area contributed by atoms with E-state index < -0.39 is 7.82 Å². The van der Waals surface area contributed by atoms with Crippen LogP contribution in [-0.2, 0) is 8.88 Å². The summed E-state index contributed by atoms with van der Waals surface area (Å²) in [4.78, 5) is 15.4. The van der Waals surface area contributed by atoms with E-state index in [9.17, 15) is 4.57 Å². The molecule has 0 rings (SSSR count). The molecule has 0 saturated heterocycles. The summed E-state index contributed by atoms with van der Waals surface area (Å²) in [5.41, 5.74) is 0. The monoisotopic (exact) mass is 156 g/mol. The maximum absolute atomic E-state index is 9.45. The zero-order valence-electron chi connectivity index (χ0n) is 5.44. The van der Waals surface area contributed by atoms with Crippen molar-refractivity contribution in [3.8, 4) is 0 Å². The first kappa shape index (κ1) is 11.1. The van der Waals surface area contributed by atoms with Crippen LogP contribution in [0.25, 0.3) is 0 Å². The molecule has 7 heavy (non-hydrogen) atoms. The molecule has 0 saturated carbocycles. The molecule has 4 nitrogen and oxygen atoms in total. The van der Waals surface area contributed by atoms with Gasteiger partial charge in [-0.05, 0) is 0 Å². The van der Waals surface area contributed by atoms with Gasteiger partial charge in [-0.1, -0.05) is 0 Å². The second kappa shape index (κ2) is 4.21. The van der Waals surface area contributed by atoms with E-state index in [1.807, 2.05) is 0 Å². The molecule has 0 fully saturated rings. The summed E-state index contributed by atoms with van der Waals surface area (Å²) in [5.74, 6) is 0. The molecule has 2 N–H and O–H groups in total. The fourth-order valence-electron chi connectivity index (χ4n) is 0. The summed E-state index contributed by atoms with van der Waals surface area (Å²) in [6.07, 6.45) is 0. The summed E-state index contributed by atoms with van der Waals surface area (Å²) >= 11 is 0. The molecule has 7 heteroatoms. The summed E-state index contributed by atoms with van der Waals surface area (Å²) in [5, 5.41) is 0. The van der Waals surface area contributed by atoms with Gasteiger partial charge in [-0.3, -0.25) is 4.31 Å². The largest absolute Gasteiger partial charge is 2.00 e. The minimum atomic E-state index is -4.18. The average molecular weight is 156 g/mol. The number of rotatable bonds is 1. The van der Waals surface area contributed by atoms with E-state index in [-0.39, 0.29) is 25.9 Å². The average Bonchev–Trinajstić information content (AvgIpc) is 1.35. The predicted octanol–water partition coefficient (Wildman–Crippen LogP) is -0.270. The zero-order chi connectivity index (χ0) is 5.21. The third-order valence-corrected chi connectivity index (χ3v) is 1.24. The van der Waals surface area contributed by atoms with Crippen LogP contribution in [0.4, 0.5) is 0 Å². The summed E-state index contributed by atoms with van der Waals surface area (Å²) in [7, 11) is -2.72. The summed E-state index contributed by atoms with van der Waals surface area (Å²) in [6.45, 7) is 0. The van der Waals surface area contributed by atoms with Crippen LogP contribution >= 0.6 is 17.3 Å². The van der Waals surface area contributed by atoms with Crippen molar-refractivity contribution in [1.29, 1.82) is 0 Å². The smallest absolute Gasteiger partial charge is 1.00 e. The Morgan fingerprint density at radius 1 is 1.71 bits per heavy atom. The molecular formula is H6MgO4P2. The molecule has 0 aliphatic heterocycles.